The number of nitrogens with one attached hydrogen (secondary N) is 1. The van der Waals surface area contributed by atoms with Crippen molar-refractivity contribution in [3.05, 3.63) is 30.1 Å². The summed E-state index contributed by atoms with van der Waals surface area (Å²) in [6.45, 7) is 6.05. The highest BCUT2D eigenvalue weighted by Gasteiger charge is 2.50. The Hall–Kier alpha value is -1.02. The van der Waals surface area contributed by atoms with Crippen LogP contribution in [0, 0.1) is 11.3 Å². The summed E-state index contributed by atoms with van der Waals surface area (Å²) in [5, 5.41) is 0. The number of hydrogen-bond donors (Lipinski definition) is 1. The molecule has 0 radical (unpaired) electrons. The Labute approximate surface area is 131 Å². The van der Waals surface area contributed by atoms with Crippen LogP contribution in [-0.2, 0) is 21.3 Å². The van der Waals surface area contributed by atoms with Gasteiger partial charge in [0.05, 0.1) is 24.7 Å². The summed E-state index contributed by atoms with van der Waals surface area (Å²) in [7, 11) is -3.16. The van der Waals surface area contributed by atoms with Crippen molar-refractivity contribution >= 4 is 10.0 Å². The topological polar surface area (TPSA) is 71.5 Å². The van der Waals surface area contributed by atoms with Crippen LogP contribution in [0.5, 0.6) is 0 Å². The molecule has 0 aliphatic carbocycles. The minimum absolute atomic E-state index is 0.100. The molecule has 2 saturated heterocycles. The Balaban J connectivity index is 1.66. The number of pyridine rings is 1. The van der Waals surface area contributed by atoms with E-state index < -0.39 is 10.0 Å². The number of rotatable bonds is 6. The summed E-state index contributed by atoms with van der Waals surface area (Å²) in [4.78, 5) is 6.73. The van der Waals surface area contributed by atoms with E-state index in [-0.39, 0.29) is 11.2 Å². The minimum atomic E-state index is -3.16. The second-order valence-corrected chi connectivity index (χ2v) is 8.39. The van der Waals surface area contributed by atoms with E-state index in [1.807, 2.05) is 18.2 Å². The van der Waals surface area contributed by atoms with Crippen LogP contribution < -0.4 is 4.72 Å². The zero-order valence-electron chi connectivity index (χ0n) is 12.9. The molecular formula is C15H23N3O3S. The van der Waals surface area contributed by atoms with Gasteiger partial charge in [-0.05, 0) is 19.1 Å². The largest absolute Gasteiger partial charge is 0.380 e. The van der Waals surface area contributed by atoms with Gasteiger partial charge in [-0.3, -0.25) is 9.88 Å². The lowest BCUT2D eigenvalue weighted by Crippen LogP contribution is -2.43. The van der Waals surface area contributed by atoms with Crippen molar-refractivity contribution in [1.29, 1.82) is 0 Å². The number of fused-ring (bicyclic) bond motifs is 1. The molecule has 0 bridgehead atoms. The Morgan fingerprint density at radius 2 is 2.36 bits per heavy atom. The number of likely N-dealkylation sites (tertiary alicyclic amines) is 1. The number of sulfonamides is 1. The summed E-state index contributed by atoms with van der Waals surface area (Å²) in [6.07, 6.45) is 1.81. The van der Waals surface area contributed by atoms with Gasteiger partial charge in [-0.2, -0.15) is 0 Å². The summed E-state index contributed by atoms with van der Waals surface area (Å²) in [6, 6.07) is 5.93. The van der Waals surface area contributed by atoms with Gasteiger partial charge < -0.3 is 4.74 Å². The van der Waals surface area contributed by atoms with E-state index in [4.69, 9.17) is 4.74 Å². The second-order valence-electron chi connectivity index (χ2n) is 6.29. The number of aromatic nitrogens is 1. The van der Waals surface area contributed by atoms with Gasteiger partial charge in [0, 0.05) is 43.7 Å². The molecule has 3 rings (SSSR count). The average Bonchev–Trinajstić information content (AvgIpc) is 3.03. The monoisotopic (exact) mass is 325 g/mol. The Kier molecular flexibility index (Phi) is 4.49. The van der Waals surface area contributed by atoms with Crippen molar-refractivity contribution in [2.24, 2.45) is 11.3 Å². The molecule has 2 atom stereocenters. The molecule has 2 fully saturated rings. The maximum Gasteiger partial charge on any atom is 0.211 e. The molecule has 22 heavy (non-hydrogen) atoms. The van der Waals surface area contributed by atoms with Crippen molar-refractivity contribution in [1.82, 2.24) is 14.6 Å². The number of nitrogens with zero attached hydrogens (tertiary/aromatic N) is 2. The standard InChI is InChI=1S/C15H23N3O3S/c1-2-22(19,20)17-10-15-11-18(7-13(15)9-21-12-15)8-14-5-3-4-6-16-14/h3-6,13,17H,2,7-12H2,1H3/t13-,15+/m1/s1. The quantitative estimate of drug-likeness (QED) is 0.823. The fourth-order valence-corrected chi connectivity index (χ4v) is 4.10. The molecule has 0 spiro atoms. The van der Waals surface area contributed by atoms with Gasteiger partial charge in [0.1, 0.15) is 0 Å². The predicted molar refractivity (Wildman–Crippen MR) is 83.7 cm³/mol. The summed E-state index contributed by atoms with van der Waals surface area (Å²) >= 11 is 0. The molecule has 0 amide bonds. The van der Waals surface area contributed by atoms with Gasteiger partial charge in [0.25, 0.3) is 0 Å². The smallest absolute Gasteiger partial charge is 0.211 e. The third-order valence-electron chi connectivity index (χ3n) is 4.73. The molecule has 6 nitrogen and oxygen atoms in total. The maximum atomic E-state index is 11.7. The fraction of sp³-hybridized carbons (Fsp3) is 0.667. The number of ether oxygens (including phenoxy) is 1. The summed E-state index contributed by atoms with van der Waals surface area (Å²) < 4.78 is 31.9. The van der Waals surface area contributed by atoms with Gasteiger partial charge in [-0.15, -0.1) is 0 Å². The van der Waals surface area contributed by atoms with E-state index >= 15 is 0 Å². The van der Waals surface area contributed by atoms with E-state index in [0.29, 0.717) is 25.7 Å². The molecule has 2 aliphatic rings. The third-order valence-corrected chi connectivity index (χ3v) is 6.07. The van der Waals surface area contributed by atoms with Crippen LogP contribution in [0.3, 0.4) is 0 Å². The van der Waals surface area contributed by atoms with E-state index in [9.17, 15) is 8.42 Å². The summed E-state index contributed by atoms with van der Waals surface area (Å²) in [5.41, 5.74) is 0.949. The first-order valence-electron chi connectivity index (χ1n) is 7.70. The molecule has 7 heteroatoms. The summed E-state index contributed by atoms with van der Waals surface area (Å²) in [5.74, 6) is 0.502. The fourth-order valence-electron chi connectivity index (χ4n) is 3.39. The second kappa shape index (κ2) is 6.23. The van der Waals surface area contributed by atoms with Crippen molar-refractivity contribution < 1.29 is 13.2 Å². The molecular weight excluding hydrogens is 302 g/mol. The van der Waals surface area contributed by atoms with Gasteiger partial charge in [0.2, 0.25) is 10.0 Å². The number of hydrogen-bond acceptors (Lipinski definition) is 5. The van der Waals surface area contributed by atoms with Crippen molar-refractivity contribution in [3.8, 4) is 0 Å². The molecule has 3 heterocycles. The normalized spacial score (nSPS) is 28.9. The van der Waals surface area contributed by atoms with E-state index in [1.54, 1.807) is 13.1 Å². The zero-order chi connectivity index (χ0) is 15.6. The van der Waals surface area contributed by atoms with Crippen molar-refractivity contribution in [2.75, 3.05) is 38.6 Å². The first-order valence-corrected chi connectivity index (χ1v) is 9.35. The lowest BCUT2D eigenvalue weighted by molar-refractivity contribution is 0.128. The molecule has 1 aromatic heterocycles. The van der Waals surface area contributed by atoms with Crippen LogP contribution in [0.4, 0.5) is 0 Å². The van der Waals surface area contributed by atoms with Crippen LogP contribution in [0.15, 0.2) is 24.4 Å². The Bertz CT molecular complexity index is 608. The van der Waals surface area contributed by atoms with Gasteiger partial charge in [0.15, 0.2) is 0 Å². The molecule has 0 aromatic carbocycles. The highest BCUT2D eigenvalue weighted by Crippen LogP contribution is 2.41. The molecule has 122 valence electrons. The van der Waals surface area contributed by atoms with E-state index in [1.165, 1.54) is 0 Å². The lowest BCUT2D eigenvalue weighted by atomic mass is 9.81. The lowest BCUT2D eigenvalue weighted by Gasteiger charge is -2.27. The molecule has 2 aliphatic heterocycles. The highest BCUT2D eigenvalue weighted by atomic mass is 32.2. The highest BCUT2D eigenvalue weighted by molar-refractivity contribution is 7.89. The minimum Gasteiger partial charge on any atom is -0.380 e. The van der Waals surface area contributed by atoms with Crippen molar-refractivity contribution in [3.63, 3.8) is 0 Å². The first-order chi connectivity index (χ1) is 10.5. The maximum absolute atomic E-state index is 11.7. The van der Waals surface area contributed by atoms with Crippen LogP contribution in [0.25, 0.3) is 0 Å². The first kappa shape index (κ1) is 15.9. The zero-order valence-corrected chi connectivity index (χ0v) is 13.7. The van der Waals surface area contributed by atoms with Crippen LogP contribution in [-0.4, -0.2) is 56.9 Å². The van der Waals surface area contributed by atoms with E-state index in [0.717, 1.165) is 25.3 Å². The van der Waals surface area contributed by atoms with Gasteiger partial charge >= 0.3 is 0 Å². The Morgan fingerprint density at radius 1 is 1.50 bits per heavy atom. The van der Waals surface area contributed by atoms with Crippen LogP contribution >= 0.6 is 0 Å². The third kappa shape index (κ3) is 3.32. The van der Waals surface area contributed by atoms with Gasteiger partial charge in [-0.1, -0.05) is 6.07 Å². The van der Waals surface area contributed by atoms with E-state index in [2.05, 4.69) is 14.6 Å². The van der Waals surface area contributed by atoms with Crippen LogP contribution in [0.1, 0.15) is 12.6 Å². The molecule has 0 saturated carbocycles. The van der Waals surface area contributed by atoms with Crippen molar-refractivity contribution in [2.45, 2.75) is 13.5 Å². The molecule has 1 N–H and O–H groups in total. The SMILES string of the molecule is CCS(=O)(=O)NC[C@]12COC[C@H]1CN(Cc1ccccn1)C2. The molecule has 1 aromatic rings. The Morgan fingerprint density at radius 3 is 3.09 bits per heavy atom. The predicted octanol–water partition coefficient (Wildman–Crippen LogP) is 0.469. The van der Waals surface area contributed by atoms with Crippen LogP contribution in [0.2, 0.25) is 0 Å². The average molecular weight is 325 g/mol. The van der Waals surface area contributed by atoms with Gasteiger partial charge in [-0.25, -0.2) is 13.1 Å². The molecule has 0 unspecified atom stereocenters.